The Morgan fingerprint density at radius 1 is 1.33 bits per heavy atom. The Balaban J connectivity index is 2.10. The molecular weight excluding hydrogens is 146 g/mol. The molecule has 0 amide bonds. The molecule has 1 heteroatoms. The molecule has 0 aromatic heterocycles. The fourth-order valence-electron chi connectivity index (χ4n) is 1.77. The summed E-state index contributed by atoms with van der Waals surface area (Å²) in [6.07, 6.45) is 1.30. The van der Waals surface area contributed by atoms with E-state index in [0.29, 0.717) is 0 Å². The number of hydrogen-bond acceptors (Lipinski definition) is 1. The van der Waals surface area contributed by atoms with Gasteiger partial charge in [-0.05, 0) is 23.8 Å². The Labute approximate surface area is 73.6 Å². The monoisotopic (exact) mass is 161 g/mol. The Bertz CT molecular complexity index is 255. The summed E-state index contributed by atoms with van der Waals surface area (Å²) < 4.78 is 0. The highest BCUT2D eigenvalue weighted by Gasteiger charge is 2.37. The summed E-state index contributed by atoms with van der Waals surface area (Å²) in [6.45, 7) is 2.27. The van der Waals surface area contributed by atoms with E-state index in [2.05, 4.69) is 31.2 Å². The van der Waals surface area contributed by atoms with Crippen LogP contribution in [-0.4, -0.2) is 0 Å². The first kappa shape index (κ1) is 7.81. The van der Waals surface area contributed by atoms with Crippen molar-refractivity contribution in [3.8, 4) is 0 Å². The fourth-order valence-corrected chi connectivity index (χ4v) is 1.77. The highest BCUT2D eigenvalue weighted by molar-refractivity contribution is 5.20. The molecule has 64 valence electrons. The van der Waals surface area contributed by atoms with Crippen LogP contribution in [0.1, 0.15) is 24.9 Å². The van der Waals surface area contributed by atoms with Crippen molar-refractivity contribution >= 4 is 0 Å². The maximum atomic E-state index is 6.09. The third-order valence-corrected chi connectivity index (χ3v) is 2.82. The first-order valence-electron chi connectivity index (χ1n) is 4.59. The molecule has 2 rings (SSSR count). The molecule has 0 radical (unpaired) electrons. The van der Waals surface area contributed by atoms with Crippen molar-refractivity contribution < 1.29 is 0 Å². The molecule has 1 saturated carbocycles. The van der Waals surface area contributed by atoms with Gasteiger partial charge in [-0.3, -0.25) is 0 Å². The van der Waals surface area contributed by atoms with Gasteiger partial charge in [0.15, 0.2) is 0 Å². The molecule has 0 unspecified atom stereocenters. The summed E-state index contributed by atoms with van der Waals surface area (Å²) in [7, 11) is 0. The minimum absolute atomic E-state index is 0.265. The van der Waals surface area contributed by atoms with Gasteiger partial charge in [0.25, 0.3) is 0 Å². The Hall–Kier alpha value is -0.820. The minimum Gasteiger partial charge on any atom is -0.324 e. The van der Waals surface area contributed by atoms with Gasteiger partial charge in [-0.1, -0.05) is 37.3 Å². The average Bonchev–Trinajstić information content (AvgIpc) is 2.83. The summed E-state index contributed by atoms with van der Waals surface area (Å²) in [4.78, 5) is 0. The lowest BCUT2D eigenvalue weighted by Crippen LogP contribution is -2.12. The Kier molecular flexibility index (Phi) is 1.89. The molecular formula is C11H15N. The van der Waals surface area contributed by atoms with E-state index in [0.717, 1.165) is 11.8 Å². The molecule has 1 aromatic rings. The van der Waals surface area contributed by atoms with E-state index in [1.165, 1.54) is 12.0 Å². The van der Waals surface area contributed by atoms with Crippen LogP contribution in [-0.2, 0) is 0 Å². The smallest absolute Gasteiger partial charge is 0.0326 e. The van der Waals surface area contributed by atoms with E-state index < -0.39 is 0 Å². The van der Waals surface area contributed by atoms with Crippen molar-refractivity contribution in [2.24, 2.45) is 17.6 Å². The largest absolute Gasteiger partial charge is 0.324 e. The molecule has 0 aliphatic heterocycles. The predicted molar refractivity (Wildman–Crippen MR) is 50.6 cm³/mol. The van der Waals surface area contributed by atoms with Crippen LogP contribution < -0.4 is 5.73 Å². The molecule has 1 nitrogen and oxygen atoms in total. The maximum Gasteiger partial charge on any atom is 0.0326 e. The van der Waals surface area contributed by atoms with Crippen molar-refractivity contribution in [2.75, 3.05) is 0 Å². The second kappa shape index (κ2) is 2.91. The summed E-state index contributed by atoms with van der Waals surface area (Å²) >= 11 is 0. The molecule has 0 heterocycles. The van der Waals surface area contributed by atoms with Gasteiger partial charge in [-0.25, -0.2) is 0 Å². The van der Waals surface area contributed by atoms with Gasteiger partial charge < -0.3 is 5.73 Å². The van der Waals surface area contributed by atoms with Crippen LogP contribution in [0.3, 0.4) is 0 Å². The summed E-state index contributed by atoms with van der Waals surface area (Å²) in [5, 5.41) is 0. The van der Waals surface area contributed by atoms with Crippen molar-refractivity contribution in [1.29, 1.82) is 0 Å². The Morgan fingerprint density at radius 3 is 2.42 bits per heavy atom. The maximum absolute atomic E-state index is 6.09. The van der Waals surface area contributed by atoms with Gasteiger partial charge in [-0.2, -0.15) is 0 Å². The lowest BCUT2D eigenvalue weighted by molar-refractivity contribution is 0.593. The molecule has 1 fully saturated rings. The van der Waals surface area contributed by atoms with Crippen LogP contribution in [0.25, 0.3) is 0 Å². The van der Waals surface area contributed by atoms with Crippen molar-refractivity contribution in [3.05, 3.63) is 35.9 Å². The molecule has 1 aliphatic rings. The van der Waals surface area contributed by atoms with Gasteiger partial charge in [-0.15, -0.1) is 0 Å². The van der Waals surface area contributed by atoms with Crippen molar-refractivity contribution in [1.82, 2.24) is 0 Å². The zero-order valence-electron chi connectivity index (χ0n) is 7.40. The van der Waals surface area contributed by atoms with Crippen LogP contribution in [0.5, 0.6) is 0 Å². The lowest BCUT2D eigenvalue weighted by Gasteiger charge is -2.10. The van der Waals surface area contributed by atoms with Crippen LogP contribution >= 0.6 is 0 Å². The SMILES string of the molecule is C[C@@H]1C[C@H]1[C@@H](N)c1ccccc1. The van der Waals surface area contributed by atoms with Gasteiger partial charge in [0.1, 0.15) is 0 Å². The molecule has 0 bridgehead atoms. The van der Waals surface area contributed by atoms with Crippen molar-refractivity contribution in [3.63, 3.8) is 0 Å². The molecule has 1 aliphatic carbocycles. The highest BCUT2D eigenvalue weighted by atomic mass is 14.7. The second-order valence-corrected chi connectivity index (χ2v) is 3.81. The van der Waals surface area contributed by atoms with Crippen LogP contribution in [0.2, 0.25) is 0 Å². The van der Waals surface area contributed by atoms with Crippen LogP contribution in [0, 0.1) is 11.8 Å². The predicted octanol–water partition coefficient (Wildman–Crippen LogP) is 2.34. The first-order valence-corrected chi connectivity index (χ1v) is 4.59. The lowest BCUT2D eigenvalue weighted by atomic mass is 10.0. The summed E-state index contributed by atoms with van der Waals surface area (Å²) in [5.74, 6) is 1.56. The van der Waals surface area contributed by atoms with E-state index in [4.69, 9.17) is 5.73 Å². The molecule has 0 spiro atoms. The zero-order chi connectivity index (χ0) is 8.55. The minimum atomic E-state index is 0.265. The molecule has 0 saturated heterocycles. The normalized spacial score (nSPS) is 29.8. The van der Waals surface area contributed by atoms with Crippen LogP contribution in [0.4, 0.5) is 0 Å². The first-order chi connectivity index (χ1) is 5.79. The molecule has 2 N–H and O–H groups in total. The molecule has 3 atom stereocenters. The number of nitrogens with two attached hydrogens (primary N) is 1. The number of benzene rings is 1. The standard InChI is InChI=1S/C11H15N/c1-8-7-10(8)11(12)9-5-3-2-4-6-9/h2-6,8,10-11H,7,12H2,1H3/t8-,10-,11+/m1/s1. The highest BCUT2D eigenvalue weighted by Crippen LogP contribution is 2.45. The van der Waals surface area contributed by atoms with Crippen LogP contribution in [0.15, 0.2) is 30.3 Å². The number of hydrogen-bond donors (Lipinski definition) is 1. The fraction of sp³-hybridized carbons (Fsp3) is 0.455. The number of rotatable bonds is 2. The second-order valence-electron chi connectivity index (χ2n) is 3.81. The van der Waals surface area contributed by atoms with Gasteiger partial charge in [0.05, 0.1) is 0 Å². The van der Waals surface area contributed by atoms with Gasteiger partial charge in [0.2, 0.25) is 0 Å². The van der Waals surface area contributed by atoms with E-state index in [-0.39, 0.29) is 6.04 Å². The van der Waals surface area contributed by atoms with Gasteiger partial charge in [0, 0.05) is 6.04 Å². The zero-order valence-corrected chi connectivity index (χ0v) is 7.40. The van der Waals surface area contributed by atoms with E-state index in [1.54, 1.807) is 0 Å². The quantitative estimate of drug-likeness (QED) is 0.708. The average molecular weight is 161 g/mol. The van der Waals surface area contributed by atoms with E-state index >= 15 is 0 Å². The Morgan fingerprint density at radius 2 is 1.92 bits per heavy atom. The van der Waals surface area contributed by atoms with E-state index in [1.807, 2.05) is 6.07 Å². The van der Waals surface area contributed by atoms with Crippen molar-refractivity contribution in [2.45, 2.75) is 19.4 Å². The topological polar surface area (TPSA) is 26.0 Å². The third-order valence-electron chi connectivity index (χ3n) is 2.82. The summed E-state index contributed by atoms with van der Waals surface area (Å²) in [6, 6.07) is 10.7. The molecule has 1 aromatic carbocycles. The van der Waals surface area contributed by atoms with Gasteiger partial charge >= 0.3 is 0 Å². The molecule has 12 heavy (non-hydrogen) atoms. The van der Waals surface area contributed by atoms with E-state index in [9.17, 15) is 0 Å². The third kappa shape index (κ3) is 1.37. The summed E-state index contributed by atoms with van der Waals surface area (Å²) in [5.41, 5.74) is 7.37.